The van der Waals surface area contributed by atoms with Gasteiger partial charge in [-0.2, -0.15) is 0 Å². The van der Waals surface area contributed by atoms with Gasteiger partial charge >= 0.3 is 0 Å². The molecule has 3 amide bonds. The monoisotopic (exact) mass is 333 g/mol. The Balaban J connectivity index is 2.07. The van der Waals surface area contributed by atoms with Crippen LogP contribution < -0.4 is 11.1 Å². The van der Waals surface area contributed by atoms with Crippen molar-refractivity contribution in [3.05, 3.63) is 29.1 Å². The standard InChI is InChI=1S/C13H14B2FN3O5/c14-12(23)8(9(20)18-11(22)13(12,15)24)19-3-6-5(10(19)21)1-4(16)2-7(6)17/h1-2,8,23-24H,3,14-15,17H2,(H,18,20,22)/t8-,12?,13?/m1/s1. The zero-order valence-electron chi connectivity index (χ0n) is 13.0. The molecular formula is C13H14B2FN3O5. The lowest BCUT2D eigenvalue weighted by Gasteiger charge is -2.48. The van der Waals surface area contributed by atoms with Gasteiger partial charge in [0.05, 0.1) is 5.50 Å². The molecule has 2 aliphatic rings. The van der Waals surface area contributed by atoms with Crippen molar-refractivity contribution in [2.24, 2.45) is 0 Å². The number of nitrogens with one attached hydrogen (secondary N) is 1. The Bertz CT molecular complexity index is 798. The number of hydrogen-bond donors (Lipinski definition) is 4. The van der Waals surface area contributed by atoms with Crippen molar-refractivity contribution in [1.29, 1.82) is 0 Å². The Kier molecular flexibility index (Phi) is 3.30. The molecule has 0 bridgehead atoms. The summed E-state index contributed by atoms with van der Waals surface area (Å²) >= 11 is 0. The van der Waals surface area contributed by atoms with Crippen LogP contribution in [0.1, 0.15) is 15.9 Å². The third-order valence-electron chi connectivity index (χ3n) is 4.83. The first-order valence-corrected chi connectivity index (χ1v) is 7.17. The fraction of sp³-hybridized carbons (Fsp3) is 0.308. The highest BCUT2D eigenvalue weighted by atomic mass is 19.1. The highest BCUT2D eigenvalue weighted by molar-refractivity contribution is 6.38. The number of carbonyl (C=O) groups is 3. The number of rotatable bonds is 1. The maximum Gasteiger partial charge on any atom is 0.255 e. The Morgan fingerprint density at radius 2 is 1.92 bits per heavy atom. The number of nitrogens with zero attached hydrogens (tertiary/aromatic N) is 1. The van der Waals surface area contributed by atoms with Crippen molar-refractivity contribution in [2.75, 3.05) is 5.73 Å². The van der Waals surface area contributed by atoms with Crippen LogP contribution in [0.3, 0.4) is 0 Å². The highest BCUT2D eigenvalue weighted by Crippen LogP contribution is 2.36. The van der Waals surface area contributed by atoms with Crippen LogP contribution in [-0.2, 0) is 16.1 Å². The first kappa shape index (κ1) is 16.5. The van der Waals surface area contributed by atoms with Gasteiger partial charge in [-0.15, -0.1) is 0 Å². The lowest BCUT2D eigenvalue weighted by Crippen LogP contribution is -2.79. The van der Waals surface area contributed by atoms with E-state index < -0.39 is 40.6 Å². The summed E-state index contributed by atoms with van der Waals surface area (Å²) in [7, 11) is 2.14. The van der Waals surface area contributed by atoms with Gasteiger partial charge in [0.15, 0.2) is 7.85 Å². The summed E-state index contributed by atoms with van der Waals surface area (Å²) in [4.78, 5) is 37.6. The fourth-order valence-electron chi connectivity index (χ4n) is 3.13. The van der Waals surface area contributed by atoms with Crippen molar-refractivity contribution < 1.29 is 29.0 Å². The molecule has 124 valence electrons. The van der Waals surface area contributed by atoms with E-state index in [9.17, 15) is 29.0 Å². The number of fused-ring (bicyclic) bond motifs is 1. The van der Waals surface area contributed by atoms with Crippen LogP contribution in [0.2, 0.25) is 0 Å². The maximum atomic E-state index is 13.5. The maximum absolute atomic E-state index is 13.5. The molecule has 2 unspecified atom stereocenters. The number of imide groups is 1. The number of benzene rings is 1. The van der Waals surface area contributed by atoms with Crippen molar-refractivity contribution in [2.45, 2.75) is 23.6 Å². The van der Waals surface area contributed by atoms with E-state index in [0.717, 1.165) is 32.7 Å². The molecular weight excluding hydrogens is 319 g/mol. The van der Waals surface area contributed by atoms with E-state index in [1.165, 1.54) is 0 Å². The van der Waals surface area contributed by atoms with Crippen LogP contribution in [0.15, 0.2) is 12.1 Å². The number of halogens is 1. The minimum Gasteiger partial charge on any atom is -0.398 e. The molecule has 3 atom stereocenters. The summed E-state index contributed by atoms with van der Waals surface area (Å²) < 4.78 is 13.5. The second-order valence-corrected chi connectivity index (χ2v) is 6.39. The zero-order valence-corrected chi connectivity index (χ0v) is 13.0. The molecule has 0 saturated carbocycles. The topological polar surface area (TPSA) is 133 Å². The summed E-state index contributed by atoms with van der Waals surface area (Å²) in [5.41, 5.74) is 1.50. The Morgan fingerprint density at radius 3 is 2.54 bits per heavy atom. The first-order chi connectivity index (χ1) is 11.0. The zero-order chi connectivity index (χ0) is 18.0. The van der Waals surface area contributed by atoms with Crippen LogP contribution in [-0.4, -0.2) is 65.6 Å². The van der Waals surface area contributed by atoms with Gasteiger partial charge in [-0.25, -0.2) is 4.39 Å². The van der Waals surface area contributed by atoms with E-state index in [4.69, 9.17) is 5.73 Å². The third-order valence-corrected chi connectivity index (χ3v) is 4.83. The molecule has 5 N–H and O–H groups in total. The van der Waals surface area contributed by atoms with Gasteiger partial charge in [-0.05, 0) is 12.1 Å². The SMILES string of the molecule is BC1(O)C(=O)NC(=O)[C@@H](N2Cc3c(N)cc(F)cc3C2=O)C1(B)O. The van der Waals surface area contributed by atoms with E-state index in [1.54, 1.807) is 0 Å². The molecule has 3 rings (SSSR count). The van der Waals surface area contributed by atoms with Crippen molar-refractivity contribution >= 4 is 39.1 Å². The second-order valence-electron chi connectivity index (χ2n) is 6.39. The Morgan fingerprint density at radius 1 is 1.29 bits per heavy atom. The van der Waals surface area contributed by atoms with Gasteiger partial charge in [-0.3, -0.25) is 19.7 Å². The second kappa shape index (κ2) is 4.81. The number of anilines is 1. The van der Waals surface area contributed by atoms with E-state index in [2.05, 4.69) is 0 Å². The first-order valence-electron chi connectivity index (χ1n) is 7.17. The van der Waals surface area contributed by atoms with Crippen LogP contribution >= 0.6 is 0 Å². The number of hydrogen-bond acceptors (Lipinski definition) is 6. The van der Waals surface area contributed by atoms with Crippen LogP contribution in [0.4, 0.5) is 10.1 Å². The molecule has 0 aromatic heterocycles. The average molecular weight is 333 g/mol. The molecule has 1 saturated heterocycles. The molecule has 1 aromatic rings. The minimum atomic E-state index is -2.31. The number of nitrogen functional groups attached to an aromatic ring is 1. The van der Waals surface area contributed by atoms with Gasteiger partial charge in [0.2, 0.25) is 0 Å². The number of amides is 3. The summed E-state index contributed by atoms with van der Waals surface area (Å²) in [6, 6.07) is 0.494. The summed E-state index contributed by atoms with van der Waals surface area (Å²) in [6.45, 7) is -0.154. The van der Waals surface area contributed by atoms with Crippen molar-refractivity contribution in [1.82, 2.24) is 10.2 Å². The largest absolute Gasteiger partial charge is 0.398 e. The number of carbonyl (C=O) groups excluding carboxylic acids is 3. The predicted molar refractivity (Wildman–Crippen MR) is 84.6 cm³/mol. The summed E-state index contributed by atoms with van der Waals surface area (Å²) in [5.74, 6) is -3.43. The molecule has 2 aliphatic heterocycles. The Labute approximate surface area is 137 Å². The number of piperidine rings is 1. The van der Waals surface area contributed by atoms with Crippen molar-refractivity contribution in [3.8, 4) is 0 Å². The normalized spacial score (nSPS) is 32.7. The van der Waals surface area contributed by atoms with Crippen LogP contribution in [0.5, 0.6) is 0 Å². The molecule has 8 nitrogen and oxygen atoms in total. The lowest BCUT2D eigenvalue weighted by molar-refractivity contribution is -0.167. The van der Waals surface area contributed by atoms with E-state index >= 15 is 0 Å². The van der Waals surface area contributed by atoms with Gasteiger partial charge in [0.1, 0.15) is 25.2 Å². The molecule has 1 fully saturated rings. The summed E-state index contributed by atoms with van der Waals surface area (Å²) in [6.07, 6.45) is 0. The minimum absolute atomic E-state index is 0.0207. The van der Waals surface area contributed by atoms with Gasteiger partial charge in [0.25, 0.3) is 17.7 Å². The van der Waals surface area contributed by atoms with Gasteiger partial charge < -0.3 is 20.8 Å². The van der Waals surface area contributed by atoms with E-state index in [0.29, 0.717) is 5.56 Å². The molecule has 11 heteroatoms. The molecule has 0 radical (unpaired) electrons. The molecule has 2 heterocycles. The molecule has 24 heavy (non-hydrogen) atoms. The molecule has 1 aromatic carbocycles. The van der Waals surface area contributed by atoms with E-state index in [1.807, 2.05) is 5.32 Å². The van der Waals surface area contributed by atoms with Gasteiger partial charge in [0, 0.05) is 23.4 Å². The van der Waals surface area contributed by atoms with Crippen LogP contribution in [0.25, 0.3) is 0 Å². The third kappa shape index (κ3) is 1.98. The predicted octanol–water partition coefficient (Wildman–Crippen LogP) is -3.97. The highest BCUT2D eigenvalue weighted by Gasteiger charge is 2.61. The molecule has 0 spiro atoms. The number of nitrogens with two attached hydrogens (primary N) is 1. The number of aliphatic hydroxyl groups is 2. The quantitative estimate of drug-likeness (QED) is 0.235. The smallest absolute Gasteiger partial charge is 0.255 e. The van der Waals surface area contributed by atoms with Crippen LogP contribution in [0, 0.1) is 5.82 Å². The molecule has 0 aliphatic carbocycles. The van der Waals surface area contributed by atoms with Crippen molar-refractivity contribution in [3.63, 3.8) is 0 Å². The van der Waals surface area contributed by atoms with Gasteiger partial charge in [-0.1, -0.05) is 0 Å². The Hall–Kier alpha value is -2.39. The summed E-state index contributed by atoms with van der Waals surface area (Å²) in [5, 5.41) is 22.9. The average Bonchev–Trinajstić information content (AvgIpc) is 2.75. The fourth-order valence-corrected chi connectivity index (χ4v) is 3.13. The lowest BCUT2D eigenvalue weighted by atomic mass is 9.53. The van der Waals surface area contributed by atoms with E-state index in [-0.39, 0.29) is 17.8 Å².